The minimum absolute atomic E-state index is 0.0833. The van der Waals surface area contributed by atoms with Crippen LogP contribution in [0.4, 0.5) is 4.39 Å². The van der Waals surface area contributed by atoms with Gasteiger partial charge in [0.1, 0.15) is 23.9 Å². The Morgan fingerprint density at radius 3 is 2.38 bits per heavy atom. The SMILES string of the molecule is CCCN(CC(=O)N(Cc1ccc(F)cc1)Cc1ccc(C)o1)C(=O)c1cccc(Cl)c1. The minimum Gasteiger partial charge on any atom is -0.464 e. The van der Waals surface area contributed by atoms with E-state index in [9.17, 15) is 14.0 Å². The van der Waals surface area contributed by atoms with Crippen molar-refractivity contribution in [1.82, 2.24) is 9.80 Å². The molecule has 3 aromatic rings. The molecule has 32 heavy (non-hydrogen) atoms. The maximum absolute atomic E-state index is 13.3. The topological polar surface area (TPSA) is 53.8 Å². The van der Waals surface area contributed by atoms with Crippen LogP contribution in [-0.2, 0) is 17.9 Å². The molecule has 0 saturated carbocycles. The Morgan fingerprint density at radius 2 is 1.75 bits per heavy atom. The number of carbonyl (C=O) groups excluding carboxylic acids is 2. The number of nitrogens with zero attached hydrogens (tertiary/aromatic N) is 2. The molecule has 2 aromatic carbocycles. The summed E-state index contributed by atoms with van der Waals surface area (Å²) in [4.78, 5) is 29.5. The number of halogens is 2. The number of aryl methyl sites for hydroxylation is 1. The van der Waals surface area contributed by atoms with E-state index in [0.717, 1.165) is 11.3 Å². The summed E-state index contributed by atoms with van der Waals surface area (Å²) in [7, 11) is 0. The van der Waals surface area contributed by atoms with Crippen molar-refractivity contribution >= 4 is 23.4 Å². The van der Waals surface area contributed by atoms with Gasteiger partial charge in [-0.1, -0.05) is 36.7 Å². The first-order chi connectivity index (χ1) is 15.4. The average Bonchev–Trinajstić information content (AvgIpc) is 3.18. The number of benzene rings is 2. The Morgan fingerprint density at radius 1 is 1.00 bits per heavy atom. The predicted molar refractivity (Wildman–Crippen MR) is 122 cm³/mol. The fourth-order valence-electron chi connectivity index (χ4n) is 3.39. The third kappa shape index (κ3) is 6.44. The molecule has 0 radical (unpaired) electrons. The zero-order valence-corrected chi connectivity index (χ0v) is 18.9. The zero-order chi connectivity index (χ0) is 23.1. The largest absolute Gasteiger partial charge is 0.464 e. The van der Waals surface area contributed by atoms with E-state index in [-0.39, 0.29) is 37.3 Å². The van der Waals surface area contributed by atoms with E-state index in [1.165, 1.54) is 17.0 Å². The van der Waals surface area contributed by atoms with Gasteiger partial charge in [-0.25, -0.2) is 4.39 Å². The minimum atomic E-state index is -0.338. The van der Waals surface area contributed by atoms with Crippen molar-refractivity contribution in [1.29, 1.82) is 0 Å². The van der Waals surface area contributed by atoms with Crippen molar-refractivity contribution in [2.75, 3.05) is 13.1 Å². The monoisotopic (exact) mass is 456 g/mol. The maximum Gasteiger partial charge on any atom is 0.254 e. The number of hydrogen-bond donors (Lipinski definition) is 0. The van der Waals surface area contributed by atoms with E-state index in [1.807, 2.05) is 26.0 Å². The summed E-state index contributed by atoms with van der Waals surface area (Å²) in [6.07, 6.45) is 0.703. The van der Waals surface area contributed by atoms with Gasteiger partial charge < -0.3 is 14.2 Å². The first-order valence-corrected chi connectivity index (χ1v) is 10.9. The number of furan rings is 1. The van der Waals surface area contributed by atoms with E-state index >= 15 is 0 Å². The lowest BCUT2D eigenvalue weighted by atomic mass is 10.1. The molecule has 0 bridgehead atoms. The Balaban J connectivity index is 1.80. The van der Waals surface area contributed by atoms with Gasteiger partial charge in [-0.15, -0.1) is 0 Å². The molecule has 168 valence electrons. The van der Waals surface area contributed by atoms with Crippen LogP contribution in [0.1, 0.15) is 40.8 Å². The molecule has 7 heteroatoms. The van der Waals surface area contributed by atoms with Crippen molar-refractivity contribution in [3.63, 3.8) is 0 Å². The first kappa shape index (κ1) is 23.5. The Kier molecular flexibility index (Phi) is 8.06. The summed E-state index contributed by atoms with van der Waals surface area (Å²) in [6, 6.07) is 16.4. The van der Waals surface area contributed by atoms with Gasteiger partial charge in [-0.05, 0) is 61.4 Å². The van der Waals surface area contributed by atoms with Gasteiger partial charge in [0.25, 0.3) is 5.91 Å². The number of carbonyl (C=O) groups is 2. The van der Waals surface area contributed by atoms with Gasteiger partial charge >= 0.3 is 0 Å². The van der Waals surface area contributed by atoms with E-state index in [0.29, 0.717) is 29.3 Å². The van der Waals surface area contributed by atoms with Crippen molar-refractivity contribution in [2.24, 2.45) is 0 Å². The molecule has 0 unspecified atom stereocenters. The van der Waals surface area contributed by atoms with Crippen LogP contribution in [0.3, 0.4) is 0 Å². The Hall–Kier alpha value is -3.12. The van der Waals surface area contributed by atoms with Crippen molar-refractivity contribution in [3.05, 3.63) is 94.2 Å². The molecular weight excluding hydrogens is 431 g/mol. The molecule has 0 saturated heterocycles. The molecule has 0 aliphatic rings. The Bertz CT molecular complexity index is 1070. The molecule has 5 nitrogen and oxygen atoms in total. The van der Waals surface area contributed by atoms with Crippen LogP contribution >= 0.6 is 11.6 Å². The van der Waals surface area contributed by atoms with E-state index in [4.69, 9.17) is 16.0 Å². The molecule has 1 aromatic heterocycles. The fraction of sp³-hybridized carbons (Fsp3) is 0.280. The second-order valence-corrected chi connectivity index (χ2v) is 8.06. The highest BCUT2D eigenvalue weighted by Crippen LogP contribution is 2.16. The quantitative estimate of drug-likeness (QED) is 0.429. The molecular formula is C25H26ClFN2O3. The lowest BCUT2D eigenvalue weighted by Gasteiger charge is -2.27. The number of rotatable bonds is 9. The highest BCUT2D eigenvalue weighted by molar-refractivity contribution is 6.31. The fourth-order valence-corrected chi connectivity index (χ4v) is 3.58. The van der Waals surface area contributed by atoms with Crippen LogP contribution in [-0.4, -0.2) is 34.7 Å². The zero-order valence-electron chi connectivity index (χ0n) is 18.2. The molecule has 0 aliphatic heterocycles. The van der Waals surface area contributed by atoms with E-state index in [2.05, 4.69) is 0 Å². The molecule has 0 aliphatic carbocycles. The predicted octanol–water partition coefficient (Wildman–Crippen LogP) is 5.46. The molecule has 2 amide bonds. The molecule has 3 rings (SSSR count). The van der Waals surface area contributed by atoms with Gasteiger partial charge in [-0.3, -0.25) is 9.59 Å². The maximum atomic E-state index is 13.3. The highest BCUT2D eigenvalue weighted by Gasteiger charge is 2.23. The van der Waals surface area contributed by atoms with E-state index in [1.54, 1.807) is 41.3 Å². The molecule has 1 heterocycles. The van der Waals surface area contributed by atoms with E-state index < -0.39 is 0 Å². The average molecular weight is 457 g/mol. The van der Waals surface area contributed by atoms with Crippen LogP contribution in [0.2, 0.25) is 5.02 Å². The van der Waals surface area contributed by atoms with Crippen LogP contribution in [0.15, 0.2) is 65.1 Å². The van der Waals surface area contributed by atoms with Gasteiger partial charge in [0, 0.05) is 23.7 Å². The molecule has 0 fully saturated rings. The third-order valence-electron chi connectivity index (χ3n) is 4.96. The smallest absolute Gasteiger partial charge is 0.254 e. The normalized spacial score (nSPS) is 10.8. The van der Waals surface area contributed by atoms with Crippen molar-refractivity contribution < 1.29 is 18.4 Å². The lowest BCUT2D eigenvalue weighted by Crippen LogP contribution is -2.42. The standard InChI is InChI=1S/C25H26ClFN2O3/c1-3-13-28(25(31)20-5-4-6-21(26)14-20)17-24(30)29(16-23-12-7-18(2)32-23)15-19-8-10-22(27)11-9-19/h4-12,14H,3,13,15-17H2,1-2H3. The number of hydrogen-bond acceptors (Lipinski definition) is 3. The second-order valence-electron chi connectivity index (χ2n) is 7.63. The first-order valence-electron chi connectivity index (χ1n) is 10.5. The number of amides is 2. The summed E-state index contributed by atoms with van der Waals surface area (Å²) in [5.41, 5.74) is 1.22. The molecule has 0 spiro atoms. The molecule has 0 atom stereocenters. The summed E-state index contributed by atoms with van der Waals surface area (Å²) in [6.45, 7) is 4.65. The summed E-state index contributed by atoms with van der Waals surface area (Å²) in [5, 5.41) is 0.463. The van der Waals surface area contributed by atoms with Gasteiger partial charge in [0.05, 0.1) is 6.54 Å². The summed E-state index contributed by atoms with van der Waals surface area (Å²) in [5.74, 6) is 0.569. The molecule has 0 N–H and O–H groups in total. The van der Waals surface area contributed by atoms with Gasteiger partial charge in [0.2, 0.25) is 5.91 Å². The summed E-state index contributed by atoms with van der Waals surface area (Å²) >= 11 is 6.04. The van der Waals surface area contributed by atoms with Crippen molar-refractivity contribution in [2.45, 2.75) is 33.4 Å². The highest BCUT2D eigenvalue weighted by atomic mass is 35.5. The second kappa shape index (κ2) is 11.0. The van der Waals surface area contributed by atoms with Crippen LogP contribution in [0, 0.1) is 12.7 Å². The van der Waals surface area contributed by atoms with Gasteiger partial charge in [-0.2, -0.15) is 0 Å². The lowest BCUT2D eigenvalue weighted by molar-refractivity contribution is -0.133. The van der Waals surface area contributed by atoms with Crippen LogP contribution in [0.5, 0.6) is 0 Å². The van der Waals surface area contributed by atoms with Gasteiger partial charge in [0.15, 0.2) is 0 Å². The van der Waals surface area contributed by atoms with Crippen LogP contribution in [0.25, 0.3) is 0 Å². The van der Waals surface area contributed by atoms with Crippen LogP contribution < -0.4 is 0 Å². The van der Waals surface area contributed by atoms with Crippen molar-refractivity contribution in [3.8, 4) is 0 Å². The summed E-state index contributed by atoms with van der Waals surface area (Å²) < 4.78 is 19.0. The Labute approximate surface area is 192 Å². The third-order valence-corrected chi connectivity index (χ3v) is 5.20.